The second-order valence-corrected chi connectivity index (χ2v) is 5.41. The van der Waals surface area contributed by atoms with Gasteiger partial charge in [0, 0.05) is 10.9 Å². The number of thiophene rings is 1. The van der Waals surface area contributed by atoms with Crippen molar-refractivity contribution in [2.45, 2.75) is 32.7 Å². The predicted octanol–water partition coefficient (Wildman–Crippen LogP) is 4.20. The van der Waals surface area contributed by atoms with Crippen LogP contribution in [0.5, 0.6) is 0 Å². The van der Waals surface area contributed by atoms with Gasteiger partial charge in [-0.05, 0) is 42.0 Å². The lowest BCUT2D eigenvalue weighted by Gasteiger charge is -2.18. The van der Waals surface area contributed by atoms with E-state index in [1.807, 2.05) is 11.3 Å². The summed E-state index contributed by atoms with van der Waals surface area (Å²) in [6.07, 6.45) is 2.19. The van der Waals surface area contributed by atoms with Crippen LogP contribution in [-0.2, 0) is 12.8 Å². The van der Waals surface area contributed by atoms with Gasteiger partial charge < -0.3 is 5.32 Å². The first-order chi connectivity index (χ1) is 8.85. The van der Waals surface area contributed by atoms with Crippen LogP contribution in [-0.4, -0.2) is 6.54 Å². The highest BCUT2D eigenvalue weighted by Crippen LogP contribution is 2.27. The summed E-state index contributed by atoms with van der Waals surface area (Å²) >= 11 is 1.88. The van der Waals surface area contributed by atoms with Crippen LogP contribution < -0.4 is 5.32 Å². The molecule has 0 spiro atoms. The highest BCUT2D eigenvalue weighted by molar-refractivity contribution is 7.10. The summed E-state index contributed by atoms with van der Waals surface area (Å²) in [5, 5.41) is 5.83. The molecule has 18 heavy (non-hydrogen) atoms. The minimum Gasteiger partial charge on any atom is -0.309 e. The average Bonchev–Trinajstić information content (AvgIpc) is 2.87. The van der Waals surface area contributed by atoms with Crippen molar-refractivity contribution in [3.63, 3.8) is 0 Å². The fraction of sp³-hybridized carbons (Fsp3) is 0.375. The molecule has 1 unspecified atom stereocenters. The monoisotopic (exact) mass is 259 g/mol. The van der Waals surface area contributed by atoms with Crippen LogP contribution in [0.25, 0.3) is 0 Å². The summed E-state index contributed by atoms with van der Waals surface area (Å²) < 4.78 is 0. The van der Waals surface area contributed by atoms with Crippen LogP contribution in [0, 0.1) is 0 Å². The SMILES string of the molecule is CCNC(Cc1ccccc1)c1sccc1CC. The number of aryl methyl sites for hydroxylation is 1. The van der Waals surface area contributed by atoms with Gasteiger partial charge in [0.05, 0.1) is 0 Å². The molecular weight excluding hydrogens is 238 g/mol. The van der Waals surface area contributed by atoms with Crippen molar-refractivity contribution in [2.75, 3.05) is 6.54 Å². The molecule has 0 saturated heterocycles. The van der Waals surface area contributed by atoms with E-state index in [4.69, 9.17) is 0 Å². The number of likely N-dealkylation sites (N-methyl/N-ethyl adjacent to an activating group) is 1. The van der Waals surface area contributed by atoms with Crippen LogP contribution in [0.1, 0.15) is 35.9 Å². The summed E-state index contributed by atoms with van der Waals surface area (Å²) in [6.45, 7) is 5.42. The largest absolute Gasteiger partial charge is 0.309 e. The fourth-order valence-electron chi connectivity index (χ4n) is 2.30. The van der Waals surface area contributed by atoms with Gasteiger partial charge in [-0.15, -0.1) is 11.3 Å². The number of benzene rings is 1. The van der Waals surface area contributed by atoms with Gasteiger partial charge in [-0.2, -0.15) is 0 Å². The lowest BCUT2D eigenvalue weighted by Crippen LogP contribution is -2.23. The molecule has 1 atom stereocenters. The zero-order valence-electron chi connectivity index (χ0n) is 11.1. The smallest absolute Gasteiger partial charge is 0.0458 e. The van der Waals surface area contributed by atoms with Crippen LogP contribution in [0.2, 0.25) is 0 Å². The van der Waals surface area contributed by atoms with E-state index < -0.39 is 0 Å². The van der Waals surface area contributed by atoms with E-state index in [0.717, 1.165) is 19.4 Å². The standard InChI is InChI=1S/C16H21NS/c1-3-14-10-11-18-16(14)15(17-4-2)12-13-8-6-5-7-9-13/h5-11,15,17H,3-4,12H2,1-2H3. The third-order valence-electron chi connectivity index (χ3n) is 3.21. The van der Waals surface area contributed by atoms with E-state index in [0.29, 0.717) is 6.04 Å². The molecule has 0 bridgehead atoms. The Kier molecular flexibility index (Phi) is 4.97. The molecule has 1 N–H and O–H groups in total. The van der Waals surface area contributed by atoms with Crippen molar-refractivity contribution < 1.29 is 0 Å². The molecule has 0 saturated carbocycles. The van der Waals surface area contributed by atoms with Gasteiger partial charge in [0.25, 0.3) is 0 Å². The molecule has 2 heteroatoms. The highest BCUT2D eigenvalue weighted by Gasteiger charge is 2.15. The molecule has 0 aliphatic carbocycles. The van der Waals surface area contributed by atoms with Crippen molar-refractivity contribution in [1.29, 1.82) is 0 Å². The van der Waals surface area contributed by atoms with E-state index in [1.165, 1.54) is 16.0 Å². The van der Waals surface area contributed by atoms with E-state index in [1.54, 1.807) is 0 Å². The number of rotatable bonds is 6. The number of nitrogens with one attached hydrogen (secondary N) is 1. The molecule has 2 aromatic rings. The Morgan fingerprint density at radius 3 is 2.56 bits per heavy atom. The normalized spacial score (nSPS) is 12.6. The van der Waals surface area contributed by atoms with Gasteiger partial charge >= 0.3 is 0 Å². The molecule has 0 fully saturated rings. The fourth-order valence-corrected chi connectivity index (χ4v) is 3.37. The average molecular weight is 259 g/mol. The van der Waals surface area contributed by atoms with Gasteiger partial charge in [0.1, 0.15) is 0 Å². The van der Waals surface area contributed by atoms with E-state index >= 15 is 0 Å². The molecule has 0 radical (unpaired) electrons. The summed E-state index contributed by atoms with van der Waals surface area (Å²) in [4.78, 5) is 1.50. The maximum Gasteiger partial charge on any atom is 0.0458 e. The van der Waals surface area contributed by atoms with Crippen LogP contribution in [0.15, 0.2) is 41.8 Å². The maximum atomic E-state index is 3.62. The second kappa shape index (κ2) is 6.72. The third kappa shape index (κ3) is 3.21. The Morgan fingerprint density at radius 1 is 1.11 bits per heavy atom. The predicted molar refractivity (Wildman–Crippen MR) is 80.3 cm³/mol. The first-order valence-corrected chi connectivity index (χ1v) is 7.56. The molecule has 96 valence electrons. The van der Waals surface area contributed by atoms with Crippen LogP contribution in [0.3, 0.4) is 0 Å². The van der Waals surface area contributed by atoms with Crippen LogP contribution >= 0.6 is 11.3 Å². The molecule has 0 aliphatic heterocycles. The first-order valence-electron chi connectivity index (χ1n) is 6.68. The van der Waals surface area contributed by atoms with Crippen LogP contribution in [0.4, 0.5) is 0 Å². The van der Waals surface area contributed by atoms with E-state index in [9.17, 15) is 0 Å². The van der Waals surface area contributed by atoms with Gasteiger partial charge in [0.2, 0.25) is 0 Å². The molecule has 0 aliphatic rings. The minimum atomic E-state index is 0.451. The lowest BCUT2D eigenvalue weighted by atomic mass is 10.0. The van der Waals surface area contributed by atoms with E-state index in [2.05, 4.69) is 60.9 Å². The Bertz CT molecular complexity index is 461. The Morgan fingerprint density at radius 2 is 1.89 bits per heavy atom. The summed E-state index contributed by atoms with van der Waals surface area (Å²) in [6, 6.07) is 13.4. The highest BCUT2D eigenvalue weighted by atomic mass is 32.1. The summed E-state index contributed by atoms with van der Waals surface area (Å²) in [5.41, 5.74) is 2.89. The third-order valence-corrected chi connectivity index (χ3v) is 4.28. The molecule has 1 nitrogen and oxygen atoms in total. The van der Waals surface area contributed by atoms with Gasteiger partial charge in [-0.25, -0.2) is 0 Å². The molecule has 2 rings (SSSR count). The number of hydrogen-bond acceptors (Lipinski definition) is 2. The lowest BCUT2D eigenvalue weighted by molar-refractivity contribution is 0.555. The Hall–Kier alpha value is -1.12. The van der Waals surface area contributed by atoms with Crippen molar-refractivity contribution in [3.05, 3.63) is 57.8 Å². The molecular formula is C16H21NS. The summed E-state index contributed by atoms with van der Waals surface area (Å²) in [5.74, 6) is 0. The van der Waals surface area contributed by atoms with E-state index in [-0.39, 0.29) is 0 Å². The van der Waals surface area contributed by atoms with Gasteiger partial charge in [-0.1, -0.05) is 44.2 Å². The number of hydrogen-bond donors (Lipinski definition) is 1. The Balaban J connectivity index is 2.18. The zero-order chi connectivity index (χ0) is 12.8. The maximum absolute atomic E-state index is 3.62. The van der Waals surface area contributed by atoms with Gasteiger partial charge in [-0.3, -0.25) is 0 Å². The zero-order valence-corrected chi connectivity index (χ0v) is 12.0. The molecule has 1 aromatic heterocycles. The Labute approximate surface area is 114 Å². The van der Waals surface area contributed by atoms with Crippen molar-refractivity contribution in [1.82, 2.24) is 5.32 Å². The molecule has 1 aromatic carbocycles. The quantitative estimate of drug-likeness (QED) is 0.819. The first kappa shape index (κ1) is 13.3. The minimum absolute atomic E-state index is 0.451. The second-order valence-electron chi connectivity index (χ2n) is 4.46. The molecule has 1 heterocycles. The van der Waals surface area contributed by atoms with Gasteiger partial charge in [0.15, 0.2) is 0 Å². The molecule has 0 amide bonds. The van der Waals surface area contributed by atoms with Crippen molar-refractivity contribution in [2.24, 2.45) is 0 Å². The van der Waals surface area contributed by atoms with Crippen molar-refractivity contribution in [3.8, 4) is 0 Å². The summed E-state index contributed by atoms with van der Waals surface area (Å²) in [7, 11) is 0. The van der Waals surface area contributed by atoms with Crippen molar-refractivity contribution >= 4 is 11.3 Å². The topological polar surface area (TPSA) is 12.0 Å².